The van der Waals surface area contributed by atoms with Crippen molar-refractivity contribution in [1.82, 2.24) is 4.98 Å². The van der Waals surface area contributed by atoms with Crippen molar-refractivity contribution in [1.29, 1.82) is 0 Å². The van der Waals surface area contributed by atoms with Crippen LogP contribution in [0.4, 0.5) is 5.13 Å². The summed E-state index contributed by atoms with van der Waals surface area (Å²) < 4.78 is 11.9. The average Bonchev–Trinajstić information content (AvgIpc) is 3.16. The maximum absolute atomic E-state index is 12.4. The van der Waals surface area contributed by atoms with Gasteiger partial charge in [0, 0.05) is 21.0 Å². The summed E-state index contributed by atoms with van der Waals surface area (Å²) in [4.78, 5) is 18.2. The number of hydrogen-bond acceptors (Lipinski definition) is 5. The Morgan fingerprint density at radius 3 is 2.60 bits per heavy atom. The molecule has 0 atom stereocenters. The molecule has 30 heavy (non-hydrogen) atoms. The van der Waals surface area contributed by atoms with Gasteiger partial charge in [0.2, 0.25) is 5.91 Å². The molecule has 1 aromatic heterocycles. The predicted octanol–water partition coefficient (Wildman–Crippen LogP) is 6.19. The first-order chi connectivity index (χ1) is 14.5. The summed E-state index contributed by atoms with van der Waals surface area (Å²) in [6.07, 6.45) is 4.07. The fourth-order valence-corrected chi connectivity index (χ4v) is 4.05. The molecule has 0 unspecified atom stereocenters. The maximum atomic E-state index is 12.4. The fourth-order valence-electron chi connectivity index (χ4n) is 2.86. The van der Waals surface area contributed by atoms with Crippen LogP contribution in [0.3, 0.4) is 0 Å². The monoisotopic (exact) mass is 486 g/mol. The number of rotatable bonds is 8. The summed E-state index contributed by atoms with van der Waals surface area (Å²) in [6, 6.07) is 13.5. The molecule has 156 valence electrons. The number of halogens is 1. The molecule has 0 aliphatic heterocycles. The normalized spacial score (nSPS) is 10.9. The summed E-state index contributed by atoms with van der Waals surface area (Å²) in [5.74, 6) is 1.07. The molecule has 5 nitrogen and oxygen atoms in total. The molecule has 0 saturated heterocycles. The Balaban J connectivity index is 1.72. The first-order valence-electron chi connectivity index (χ1n) is 9.59. The van der Waals surface area contributed by atoms with Crippen molar-refractivity contribution in [2.24, 2.45) is 0 Å². The molecule has 2 aromatic carbocycles. The van der Waals surface area contributed by atoms with Crippen LogP contribution in [0.2, 0.25) is 0 Å². The number of aryl methyl sites for hydroxylation is 1. The number of amides is 1. The van der Waals surface area contributed by atoms with Crippen LogP contribution in [0.25, 0.3) is 17.3 Å². The minimum absolute atomic E-state index is 0.235. The van der Waals surface area contributed by atoms with Gasteiger partial charge in [-0.15, -0.1) is 11.3 Å². The molecular weight excluding hydrogens is 464 g/mol. The third-order valence-electron chi connectivity index (χ3n) is 4.28. The van der Waals surface area contributed by atoms with E-state index < -0.39 is 0 Å². The van der Waals surface area contributed by atoms with Gasteiger partial charge >= 0.3 is 0 Å². The van der Waals surface area contributed by atoms with Crippen molar-refractivity contribution in [2.45, 2.75) is 20.3 Å². The van der Waals surface area contributed by atoms with Gasteiger partial charge in [-0.25, -0.2) is 4.98 Å². The van der Waals surface area contributed by atoms with Crippen LogP contribution >= 0.6 is 27.3 Å². The van der Waals surface area contributed by atoms with Gasteiger partial charge in [0.25, 0.3) is 0 Å². The van der Waals surface area contributed by atoms with Crippen molar-refractivity contribution in [3.63, 3.8) is 0 Å². The highest BCUT2D eigenvalue weighted by atomic mass is 79.9. The number of anilines is 1. The number of methoxy groups -OCH3 is 1. The molecule has 0 spiro atoms. The van der Waals surface area contributed by atoms with Gasteiger partial charge in [0.1, 0.15) is 0 Å². The van der Waals surface area contributed by atoms with Gasteiger partial charge in [-0.05, 0) is 49.2 Å². The van der Waals surface area contributed by atoms with Gasteiger partial charge in [-0.2, -0.15) is 0 Å². The van der Waals surface area contributed by atoms with E-state index in [1.165, 1.54) is 17.4 Å². The number of thiazole rings is 1. The lowest BCUT2D eigenvalue weighted by atomic mass is 10.1. The van der Waals surface area contributed by atoms with Gasteiger partial charge < -0.3 is 9.47 Å². The van der Waals surface area contributed by atoms with Crippen molar-refractivity contribution in [2.75, 3.05) is 19.0 Å². The highest BCUT2D eigenvalue weighted by Crippen LogP contribution is 2.32. The number of carbonyl (C=O) groups is 1. The van der Waals surface area contributed by atoms with Crippen molar-refractivity contribution in [3.8, 4) is 22.8 Å². The standard InChI is InChI=1S/C23H23BrN2O3S/c1-4-20-22(16-8-10-17(24)11-9-16)26-23(30-20)25-21(27)13-7-15-6-12-18(29-5-2)19(14-15)28-3/h6-14H,4-5H2,1-3H3,(H,25,26,27)/b13-7+. The van der Waals surface area contributed by atoms with Gasteiger partial charge in [-0.3, -0.25) is 10.1 Å². The van der Waals surface area contributed by atoms with Crippen LogP contribution in [0.15, 0.2) is 53.0 Å². The SMILES string of the molecule is CCOc1ccc(/C=C/C(=O)Nc2nc(-c3ccc(Br)cc3)c(CC)s2)cc1OC. The zero-order valence-electron chi connectivity index (χ0n) is 17.1. The lowest BCUT2D eigenvalue weighted by Crippen LogP contribution is -2.07. The lowest BCUT2D eigenvalue weighted by molar-refractivity contribution is -0.111. The molecular formula is C23H23BrN2O3S. The van der Waals surface area contributed by atoms with Gasteiger partial charge in [-0.1, -0.05) is 41.1 Å². The number of nitrogens with one attached hydrogen (secondary N) is 1. The van der Waals surface area contributed by atoms with E-state index in [1.807, 2.05) is 49.4 Å². The Bertz CT molecular complexity index is 1050. The van der Waals surface area contributed by atoms with E-state index in [4.69, 9.17) is 9.47 Å². The smallest absolute Gasteiger partial charge is 0.250 e. The first kappa shape index (κ1) is 22.1. The highest BCUT2D eigenvalue weighted by molar-refractivity contribution is 9.10. The Labute approximate surface area is 188 Å². The number of nitrogens with zero attached hydrogens (tertiary/aromatic N) is 1. The topological polar surface area (TPSA) is 60.5 Å². The third-order valence-corrected chi connectivity index (χ3v) is 5.92. The molecule has 0 fully saturated rings. The summed E-state index contributed by atoms with van der Waals surface area (Å²) >= 11 is 4.95. The number of ether oxygens (including phenoxy) is 2. The number of benzene rings is 2. The van der Waals surface area contributed by atoms with Crippen LogP contribution in [0.5, 0.6) is 11.5 Å². The molecule has 7 heteroatoms. The van der Waals surface area contributed by atoms with Crippen molar-refractivity contribution >= 4 is 44.4 Å². The summed E-state index contributed by atoms with van der Waals surface area (Å²) in [5.41, 5.74) is 2.78. The van der Waals surface area contributed by atoms with Crippen molar-refractivity contribution < 1.29 is 14.3 Å². The number of carbonyl (C=O) groups excluding carboxylic acids is 1. The fraction of sp³-hybridized carbons (Fsp3) is 0.217. The third kappa shape index (κ3) is 5.49. The molecule has 1 heterocycles. The zero-order chi connectivity index (χ0) is 21.5. The van der Waals surface area contributed by atoms with E-state index in [1.54, 1.807) is 13.2 Å². The Kier molecular flexibility index (Phi) is 7.65. The summed E-state index contributed by atoms with van der Waals surface area (Å²) in [5, 5.41) is 3.45. The predicted molar refractivity (Wildman–Crippen MR) is 126 cm³/mol. The molecule has 1 amide bonds. The molecule has 0 aliphatic rings. The van der Waals surface area contributed by atoms with Gasteiger partial charge in [0.05, 0.1) is 19.4 Å². The highest BCUT2D eigenvalue weighted by Gasteiger charge is 2.13. The van der Waals surface area contributed by atoms with E-state index >= 15 is 0 Å². The second-order valence-electron chi connectivity index (χ2n) is 6.32. The molecule has 0 bridgehead atoms. The van der Waals surface area contributed by atoms with Gasteiger partial charge in [0.15, 0.2) is 16.6 Å². The molecule has 3 rings (SSSR count). The molecule has 0 radical (unpaired) electrons. The van der Waals surface area contributed by atoms with E-state index in [0.717, 1.165) is 32.6 Å². The molecule has 1 N–H and O–H groups in total. The average molecular weight is 487 g/mol. The lowest BCUT2D eigenvalue weighted by Gasteiger charge is -2.09. The maximum Gasteiger partial charge on any atom is 0.250 e. The molecule has 3 aromatic rings. The molecule has 0 aliphatic carbocycles. The van der Waals surface area contributed by atoms with Crippen LogP contribution in [0, 0.1) is 0 Å². The minimum atomic E-state index is -0.235. The first-order valence-corrected chi connectivity index (χ1v) is 11.2. The second-order valence-corrected chi connectivity index (χ2v) is 8.32. The van der Waals surface area contributed by atoms with Crippen LogP contribution in [-0.2, 0) is 11.2 Å². The Morgan fingerprint density at radius 1 is 1.17 bits per heavy atom. The van der Waals surface area contributed by atoms with E-state index in [0.29, 0.717) is 23.2 Å². The zero-order valence-corrected chi connectivity index (χ0v) is 19.5. The van der Waals surface area contributed by atoms with Crippen LogP contribution < -0.4 is 14.8 Å². The van der Waals surface area contributed by atoms with Crippen LogP contribution in [0.1, 0.15) is 24.3 Å². The van der Waals surface area contributed by atoms with E-state index in [-0.39, 0.29) is 5.91 Å². The Morgan fingerprint density at radius 2 is 1.93 bits per heavy atom. The number of aromatic nitrogens is 1. The Hall–Kier alpha value is -2.64. The summed E-state index contributed by atoms with van der Waals surface area (Å²) in [7, 11) is 1.59. The van der Waals surface area contributed by atoms with E-state index in [9.17, 15) is 4.79 Å². The largest absolute Gasteiger partial charge is 0.493 e. The van der Waals surface area contributed by atoms with E-state index in [2.05, 4.69) is 33.2 Å². The van der Waals surface area contributed by atoms with Crippen molar-refractivity contribution in [3.05, 3.63) is 63.5 Å². The second kappa shape index (κ2) is 10.4. The summed E-state index contributed by atoms with van der Waals surface area (Å²) in [6.45, 7) is 4.56. The quantitative estimate of drug-likeness (QED) is 0.385. The van der Waals surface area contributed by atoms with Crippen LogP contribution in [-0.4, -0.2) is 24.6 Å². The minimum Gasteiger partial charge on any atom is -0.493 e. The number of hydrogen-bond donors (Lipinski definition) is 1. The molecule has 0 saturated carbocycles.